The molecule has 0 bridgehead atoms. The van der Waals surface area contributed by atoms with Gasteiger partial charge in [0.2, 0.25) is 0 Å². The van der Waals surface area contributed by atoms with E-state index in [0.717, 1.165) is 18.7 Å². The minimum atomic E-state index is 0.0306. The molecule has 1 aliphatic heterocycles. The summed E-state index contributed by atoms with van der Waals surface area (Å²) in [7, 11) is 1.63. The Balaban J connectivity index is 1.58. The third kappa shape index (κ3) is 3.68. The molecule has 1 aromatic heterocycles. The number of methoxy groups -OCH3 is 1. The Morgan fingerprint density at radius 3 is 2.65 bits per heavy atom. The second-order valence-corrected chi connectivity index (χ2v) is 5.41. The molecule has 0 N–H and O–H groups in total. The molecule has 1 unspecified atom stereocenters. The average Bonchev–Trinajstić information content (AvgIpc) is 3.26. The van der Waals surface area contributed by atoms with Crippen LogP contribution in [0.4, 0.5) is 0 Å². The monoisotopic (exact) mass is 316 g/mol. The van der Waals surface area contributed by atoms with Gasteiger partial charge >= 0.3 is 0 Å². The zero-order chi connectivity index (χ0) is 16.1. The van der Waals surface area contributed by atoms with Crippen molar-refractivity contribution in [2.24, 2.45) is 0 Å². The van der Waals surface area contributed by atoms with Crippen LogP contribution in [0.5, 0.6) is 5.75 Å². The first kappa shape index (κ1) is 15.5. The molecular formula is C16H20N4O3. The molecule has 0 radical (unpaired) electrons. The number of nitrogens with zero attached hydrogens (tertiary/aromatic N) is 4. The van der Waals surface area contributed by atoms with Crippen molar-refractivity contribution in [3.8, 4) is 5.75 Å². The molecule has 1 fully saturated rings. The summed E-state index contributed by atoms with van der Waals surface area (Å²) >= 11 is 0. The maximum atomic E-state index is 12.5. The topological polar surface area (TPSA) is 69.5 Å². The van der Waals surface area contributed by atoms with Crippen molar-refractivity contribution < 1.29 is 14.3 Å². The van der Waals surface area contributed by atoms with Gasteiger partial charge < -0.3 is 14.4 Å². The number of rotatable bonds is 6. The second kappa shape index (κ2) is 7.23. The minimum absolute atomic E-state index is 0.0306. The third-order valence-electron chi connectivity index (χ3n) is 3.87. The van der Waals surface area contributed by atoms with Crippen LogP contribution in [0.1, 0.15) is 22.8 Å². The summed E-state index contributed by atoms with van der Waals surface area (Å²) in [4.78, 5) is 16.1. The molecule has 2 heterocycles. The number of likely N-dealkylation sites (tertiary alicyclic amines) is 1. The molecule has 1 aliphatic rings. The van der Waals surface area contributed by atoms with Crippen LogP contribution >= 0.6 is 0 Å². The lowest BCUT2D eigenvalue weighted by molar-refractivity contribution is 0.0786. The fourth-order valence-corrected chi connectivity index (χ4v) is 2.65. The number of carbonyl (C=O) groups excluding carboxylic acids is 1. The Kier molecular flexibility index (Phi) is 4.87. The Morgan fingerprint density at radius 2 is 1.96 bits per heavy atom. The predicted molar refractivity (Wildman–Crippen MR) is 83.4 cm³/mol. The minimum Gasteiger partial charge on any atom is -0.491 e. The number of benzene rings is 1. The first-order valence-corrected chi connectivity index (χ1v) is 7.65. The summed E-state index contributed by atoms with van der Waals surface area (Å²) in [5.41, 5.74) is 0.665. The second-order valence-electron chi connectivity index (χ2n) is 5.41. The van der Waals surface area contributed by atoms with E-state index in [1.165, 1.54) is 0 Å². The highest BCUT2D eigenvalue weighted by molar-refractivity contribution is 5.94. The smallest absolute Gasteiger partial charge is 0.253 e. The highest BCUT2D eigenvalue weighted by atomic mass is 16.5. The normalized spacial score (nSPS) is 17.4. The maximum Gasteiger partial charge on any atom is 0.253 e. The lowest BCUT2D eigenvalue weighted by Crippen LogP contribution is -2.29. The van der Waals surface area contributed by atoms with Gasteiger partial charge in [-0.2, -0.15) is 15.0 Å². The molecule has 0 spiro atoms. The van der Waals surface area contributed by atoms with Gasteiger partial charge in [-0.25, -0.2) is 0 Å². The first-order chi connectivity index (χ1) is 11.3. The van der Waals surface area contributed by atoms with Crippen LogP contribution in [-0.4, -0.2) is 59.2 Å². The molecule has 7 heteroatoms. The molecule has 1 aromatic carbocycles. The van der Waals surface area contributed by atoms with Crippen LogP contribution < -0.4 is 4.74 Å². The summed E-state index contributed by atoms with van der Waals surface area (Å²) in [5, 5.41) is 8.31. The van der Waals surface area contributed by atoms with E-state index in [-0.39, 0.29) is 11.9 Å². The lowest BCUT2D eigenvalue weighted by atomic mass is 10.2. The van der Waals surface area contributed by atoms with Crippen LogP contribution in [0.25, 0.3) is 0 Å². The van der Waals surface area contributed by atoms with Gasteiger partial charge in [-0.05, 0) is 30.7 Å². The summed E-state index contributed by atoms with van der Waals surface area (Å²) in [5.74, 6) is 0.765. The fraction of sp³-hybridized carbons (Fsp3) is 0.438. The Bertz CT molecular complexity index is 627. The summed E-state index contributed by atoms with van der Waals surface area (Å²) in [6.45, 7) is 2.39. The van der Waals surface area contributed by atoms with E-state index < -0.39 is 0 Å². The van der Waals surface area contributed by atoms with Crippen molar-refractivity contribution in [1.82, 2.24) is 19.9 Å². The van der Waals surface area contributed by atoms with Crippen LogP contribution in [0, 0.1) is 0 Å². The molecule has 1 atom stereocenters. The van der Waals surface area contributed by atoms with Crippen molar-refractivity contribution in [3.63, 3.8) is 0 Å². The molecule has 122 valence electrons. The van der Waals surface area contributed by atoms with Gasteiger partial charge in [0.1, 0.15) is 12.4 Å². The molecule has 0 saturated carbocycles. The molecular weight excluding hydrogens is 296 g/mol. The largest absolute Gasteiger partial charge is 0.491 e. The molecule has 7 nitrogen and oxygen atoms in total. The predicted octanol–water partition coefficient (Wildman–Crippen LogP) is 1.39. The van der Waals surface area contributed by atoms with Crippen molar-refractivity contribution in [2.45, 2.75) is 12.5 Å². The first-order valence-electron chi connectivity index (χ1n) is 7.65. The van der Waals surface area contributed by atoms with Gasteiger partial charge in [-0.3, -0.25) is 4.79 Å². The number of carbonyl (C=O) groups is 1. The van der Waals surface area contributed by atoms with E-state index in [4.69, 9.17) is 9.47 Å². The molecule has 23 heavy (non-hydrogen) atoms. The van der Waals surface area contributed by atoms with E-state index in [0.29, 0.717) is 25.3 Å². The lowest BCUT2D eigenvalue weighted by Gasteiger charge is -2.16. The van der Waals surface area contributed by atoms with Crippen LogP contribution in [0.2, 0.25) is 0 Å². The van der Waals surface area contributed by atoms with E-state index in [1.807, 2.05) is 17.0 Å². The zero-order valence-corrected chi connectivity index (χ0v) is 13.1. The maximum absolute atomic E-state index is 12.5. The quantitative estimate of drug-likeness (QED) is 0.753. The number of hydrogen-bond acceptors (Lipinski definition) is 5. The Labute approximate surface area is 134 Å². The molecule has 1 amide bonds. The SMILES string of the molecule is COCCOc1ccc(C(=O)N2CCC(n3nccn3)C2)cc1. The Hall–Kier alpha value is -2.41. The zero-order valence-electron chi connectivity index (χ0n) is 13.1. The average molecular weight is 316 g/mol. The number of amides is 1. The van der Waals surface area contributed by atoms with Gasteiger partial charge in [-0.1, -0.05) is 0 Å². The Morgan fingerprint density at radius 1 is 1.22 bits per heavy atom. The summed E-state index contributed by atoms with van der Waals surface area (Å²) < 4.78 is 10.4. The van der Waals surface area contributed by atoms with E-state index in [2.05, 4.69) is 10.2 Å². The summed E-state index contributed by atoms with van der Waals surface area (Å²) in [6, 6.07) is 7.37. The molecule has 2 aromatic rings. The van der Waals surface area contributed by atoms with Crippen molar-refractivity contribution in [2.75, 3.05) is 33.4 Å². The fourth-order valence-electron chi connectivity index (χ4n) is 2.65. The highest BCUT2D eigenvalue weighted by Crippen LogP contribution is 2.22. The van der Waals surface area contributed by atoms with Crippen molar-refractivity contribution in [3.05, 3.63) is 42.2 Å². The number of hydrogen-bond donors (Lipinski definition) is 0. The molecule has 3 rings (SSSR count). The van der Waals surface area contributed by atoms with E-state index in [9.17, 15) is 4.79 Å². The van der Waals surface area contributed by atoms with E-state index in [1.54, 1.807) is 36.4 Å². The number of aromatic nitrogens is 3. The van der Waals surface area contributed by atoms with Crippen molar-refractivity contribution >= 4 is 5.91 Å². The van der Waals surface area contributed by atoms with Crippen LogP contribution in [-0.2, 0) is 4.74 Å². The number of ether oxygens (including phenoxy) is 2. The van der Waals surface area contributed by atoms with Gasteiger partial charge in [0.05, 0.1) is 25.0 Å². The van der Waals surface area contributed by atoms with Crippen LogP contribution in [0.3, 0.4) is 0 Å². The van der Waals surface area contributed by atoms with Gasteiger partial charge in [0.25, 0.3) is 5.91 Å². The van der Waals surface area contributed by atoms with Crippen LogP contribution in [0.15, 0.2) is 36.7 Å². The standard InChI is InChI=1S/C16H20N4O3/c1-22-10-11-23-15-4-2-13(3-5-15)16(21)19-9-6-14(12-19)20-17-7-8-18-20/h2-5,7-8,14H,6,9-12H2,1H3. The van der Waals surface area contributed by atoms with Gasteiger partial charge in [0, 0.05) is 25.8 Å². The van der Waals surface area contributed by atoms with Gasteiger partial charge in [-0.15, -0.1) is 0 Å². The third-order valence-corrected chi connectivity index (χ3v) is 3.87. The molecule has 0 aliphatic carbocycles. The molecule has 1 saturated heterocycles. The van der Waals surface area contributed by atoms with E-state index >= 15 is 0 Å². The summed E-state index contributed by atoms with van der Waals surface area (Å²) in [6.07, 6.45) is 4.19. The van der Waals surface area contributed by atoms with Gasteiger partial charge in [0.15, 0.2) is 0 Å². The van der Waals surface area contributed by atoms with Crippen molar-refractivity contribution in [1.29, 1.82) is 0 Å². The highest BCUT2D eigenvalue weighted by Gasteiger charge is 2.28.